The Kier molecular flexibility index (Phi) is 8.06. The number of hydrogen-bond acceptors (Lipinski definition) is 3. The predicted molar refractivity (Wildman–Crippen MR) is 93.8 cm³/mol. The Morgan fingerprint density at radius 3 is 2.78 bits per heavy atom. The van der Waals surface area contributed by atoms with E-state index in [0.29, 0.717) is 24.4 Å². The van der Waals surface area contributed by atoms with Crippen LogP contribution >= 0.6 is 12.4 Å². The number of rotatable bonds is 6. The van der Waals surface area contributed by atoms with Gasteiger partial charge in [0.05, 0.1) is 0 Å². The zero-order chi connectivity index (χ0) is 15.9. The molecular weight excluding hydrogens is 314 g/mol. The van der Waals surface area contributed by atoms with Crippen LogP contribution in [0.25, 0.3) is 0 Å². The standard InChI is InChI=1S/C17H25N3O2.ClH/c1-20(2)17(22)15-5-3-4-14(10-15)12-19-16(21)7-6-13-8-9-18-11-13;/h3-5,10,13,18H,6-9,11-12H2,1-2H3,(H,19,21);1H. The van der Waals surface area contributed by atoms with Crippen molar-refractivity contribution in [2.45, 2.75) is 25.8 Å². The van der Waals surface area contributed by atoms with Gasteiger partial charge in [-0.25, -0.2) is 0 Å². The second kappa shape index (κ2) is 9.53. The summed E-state index contributed by atoms with van der Waals surface area (Å²) in [6.45, 7) is 2.57. The van der Waals surface area contributed by atoms with Gasteiger partial charge in [0.1, 0.15) is 0 Å². The van der Waals surface area contributed by atoms with E-state index in [1.165, 1.54) is 6.42 Å². The average Bonchev–Trinajstić information content (AvgIpc) is 3.03. The average molecular weight is 340 g/mol. The number of nitrogens with one attached hydrogen (secondary N) is 2. The molecule has 6 heteroatoms. The van der Waals surface area contributed by atoms with Gasteiger partial charge >= 0.3 is 0 Å². The summed E-state index contributed by atoms with van der Waals surface area (Å²) in [4.78, 5) is 25.4. The molecule has 2 rings (SSSR count). The van der Waals surface area contributed by atoms with Crippen LogP contribution in [0.1, 0.15) is 35.2 Å². The number of carbonyl (C=O) groups is 2. The van der Waals surface area contributed by atoms with Gasteiger partial charge in [-0.3, -0.25) is 9.59 Å². The van der Waals surface area contributed by atoms with Crippen LogP contribution in [0.4, 0.5) is 0 Å². The summed E-state index contributed by atoms with van der Waals surface area (Å²) in [5.41, 5.74) is 1.59. The number of nitrogens with zero attached hydrogens (tertiary/aromatic N) is 1. The molecule has 0 saturated carbocycles. The lowest BCUT2D eigenvalue weighted by molar-refractivity contribution is -0.121. The summed E-state index contributed by atoms with van der Waals surface area (Å²) in [5.74, 6) is 0.685. The Hall–Kier alpha value is -1.59. The molecule has 0 bridgehead atoms. The summed E-state index contributed by atoms with van der Waals surface area (Å²) >= 11 is 0. The van der Waals surface area contributed by atoms with Gasteiger partial charge in [0.2, 0.25) is 5.91 Å². The van der Waals surface area contributed by atoms with Crippen LogP contribution in [0.15, 0.2) is 24.3 Å². The third-order valence-corrected chi connectivity index (χ3v) is 4.01. The third-order valence-electron chi connectivity index (χ3n) is 4.01. The minimum Gasteiger partial charge on any atom is -0.352 e. The molecule has 1 aliphatic rings. The summed E-state index contributed by atoms with van der Waals surface area (Å²) in [7, 11) is 3.46. The maximum Gasteiger partial charge on any atom is 0.253 e. The second-order valence-electron chi connectivity index (χ2n) is 6.07. The van der Waals surface area contributed by atoms with Crippen LogP contribution in [-0.2, 0) is 11.3 Å². The molecule has 1 heterocycles. The van der Waals surface area contributed by atoms with Crippen molar-refractivity contribution in [1.82, 2.24) is 15.5 Å². The van der Waals surface area contributed by atoms with Crippen molar-refractivity contribution < 1.29 is 9.59 Å². The highest BCUT2D eigenvalue weighted by atomic mass is 35.5. The first-order valence-electron chi connectivity index (χ1n) is 7.84. The van der Waals surface area contributed by atoms with E-state index in [0.717, 1.165) is 25.1 Å². The fourth-order valence-electron chi connectivity index (χ4n) is 2.66. The topological polar surface area (TPSA) is 61.4 Å². The van der Waals surface area contributed by atoms with E-state index in [2.05, 4.69) is 10.6 Å². The molecule has 1 saturated heterocycles. The molecule has 0 aliphatic carbocycles. The Balaban J connectivity index is 0.00000264. The smallest absolute Gasteiger partial charge is 0.253 e. The quantitative estimate of drug-likeness (QED) is 0.831. The maximum atomic E-state index is 11.9. The lowest BCUT2D eigenvalue weighted by atomic mass is 10.0. The minimum absolute atomic E-state index is 0. The van der Waals surface area contributed by atoms with Gasteiger partial charge in [0.15, 0.2) is 0 Å². The number of halogens is 1. The Bertz CT molecular complexity index is 528. The zero-order valence-electron chi connectivity index (χ0n) is 13.8. The van der Waals surface area contributed by atoms with Crippen LogP contribution in [0.3, 0.4) is 0 Å². The first-order chi connectivity index (χ1) is 10.6. The largest absolute Gasteiger partial charge is 0.352 e. The van der Waals surface area contributed by atoms with E-state index in [1.54, 1.807) is 25.1 Å². The van der Waals surface area contributed by atoms with Crippen LogP contribution in [0, 0.1) is 5.92 Å². The van der Waals surface area contributed by atoms with Gasteiger partial charge in [0.25, 0.3) is 5.91 Å². The van der Waals surface area contributed by atoms with E-state index in [4.69, 9.17) is 0 Å². The van der Waals surface area contributed by atoms with Crippen LogP contribution < -0.4 is 10.6 Å². The SMILES string of the molecule is CN(C)C(=O)c1cccc(CNC(=O)CCC2CCNC2)c1.Cl. The molecular formula is C17H26ClN3O2. The maximum absolute atomic E-state index is 11.9. The van der Waals surface area contributed by atoms with Crippen molar-refractivity contribution in [3.8, 4) is 0 Å². The first-order valence-corrected chi connectivity index (χ1v) is 7.84. The van der Waals surface area contributed by atoms with Gasteiger partial charge in [-0.05, 0) is 49.5 Å². The molecule has 2 amide bonds. The van der Waals surface area contributed by atoms with Gasteiger partial charge in [0, 0.05) is 32.6 Å². The zero-order valence-corrected chi connectivity index (χ0v) is 14.6. The second-order valence-corrected chi connectivity index (χ2v) is 6.07. The monoisotopic (exact) mass is 339 g/mol. The van der Waals surface area contributed by atoms with Gasteiger partial charge in [-0.2, -0.15) is 0 Å². The van der Waals surface area contributed by atoms with E-state index >= 15 is 0 Å². The Morgan fingerprint density at radius 1 is 1.35 bits per heavy atom. The molecule has 0 radical (unpaired) electrons. The molecule has 1 fully saturated rings. The van der Waals surface area contributed by atoms with Crippen molar-refractivity contribution in [1.29, 1.82) is 0 Å². The lowest BCUT2D eigenvalue weighted by Gasteiger charge is -2.12. The summed E-state index contributed by atoms with van der Waals surface area (Å²) in [5, 5.41) is 6.25. The van der Waals surface area contributed by atoms with Crippen LogP contribution in [0.5, 0.6) is 0 Å². The number of amides is 2. The predicted octanol–water partition coefficient (Wildman–Crippen LogP) is 1.82. The van der Waals surface area contributed by atoms with Gasteiger partial charge in [-0.15, -0.1) is 12.4 Å². The fourth-order valence-corrected chi connectivity index (χ4v) is 2.66. The van der Waals surface area contributed by atoms with Crippen molar-refractivity contribution in [3.63, 3.8) is 0 Å². The molecule has 5 nitrogen and oxygen atoms in total. The van der Waals surface area contributed by atoms with Crippen molar-refractivity contribution in [3.05, 3.63) is 35.4 Å². The molecule has 0 spiro atoms. The van der Waals surface area contributed by atoms with E-state index in [-0.39, 0.29) is 24.2 Å². The minimum atomic E-state index is -0.0260. The molecule has 128 valence electrons. The number of benzene rings is 1. The highest BCUT2D eigenvalue weighted by Crippen LogP contribution is 2.14. The molecule has 1 aromatic carbocycles. The first kappa shape index (κ1) is 19.5. The molecule has 1 unspecified atom stereocenters. The molecule has 1 atom stereocenters. The number of hydrogen-bond donors (Lipinski definition) is 2. The van der Waals surface area contributed by atoms with Gasteiger partial charge < -0.3 is 15.5 Å². The highest BCUT2D eigenvalue weighted by Gasteiger charge is 2.15. The molecule has 23 heavy (non-hydrogen) atoms. The number of carbonyl (C=O) groups excluding carboxylic acids is 2. The highest BCUT2D eigenvalue weighted by molar-refractivity contribution is 5.94. The Morgan fingerprint density at radius 2 is 2.13 bits per heavy atom. The lowest BCUT2D eigenvalue weighted by Crippen LogP contribution is -2.24. The summed E-state index contributed by atoms with van der Waals surface area (Å²) in [6.07, 6.45) is 2.68. The Labute approximate surface area is 144 Å². The van der Waals surface area contributed by atoms with Crippen molar-refractivity contribution in [2.75, 3.05) is 27.2 Å². The van der Waals surface area contributed by atoms with E-state index in [9.17, 15) is 9.59 Å². The van der Waals surface area contributed by atoms with Crippen LogP contribution in [-0.4, -0.2) is 43.9 Å². The van der Waals surface area contributed by atoms with Crippen molar-refractivity contribution in [2.24, 2.45) is 5.92 Å². The normalized spacial score (nSPS) is 16.5. The van der Waals surface area contributed by atoms with Gasteiger partial charge in [-0.1, -0.05) is 12.1 Å². The molecule has 2 N–H and O–H groups in total. The van der Waals surface area contributed by atoms with E-state index in [1.807, 2.05) is 18.2 Å². The summed E-state index contributed by atoms with van der Waals surface area (Å²) < 4.78 is 0. The molecule has 0 aromatic heterocycles. The summed E-state index contributed by atoms with van der Waals surface area (Å²) in [6, 6.07) is 7.40. The molecule has 1 aliphatic heterocycles. The van der Waals surface area contributed by atoms with Crippen molar-refractivity contribution >= 4 is 24.2 Å². The molecule has 1 aromatic rings. The third kappa shape index (κ3) is 6.20. The fraction of sp³-hybridized carbons (Fsp3) is 0.529. The van der Waals surface area contributed by atoms with Crippen LogP contribution in [0.2, 0.25) is 0 Å². The van der Waals surface area contributed by atoms with E-state index < -0.39 is 0 Å².